The number of anilines is 1. The number of aromatic nitrogens is 3. The number of carbonyl (C=O) groups is 1. The van der Waals surface area contributed by atoms with Crippen molar-refractivity contribution >= 4 is 22.6 Å². The van der Waals surface area contributed by atoms with E-state index in [1.54, 1.807) is 24.5 Å². The molecule has 5 heterocycles. The number of rotatable bonds is 8. The number of benzene rings is 2. The summed E-state index contributed by atoms with van der Waals surface area (Å²) in [5.41, 5.74) is 4.51. The van der Waals surface area contributed by atoms with E-state index in [1.807, 2.05) is 32.0 Å². The first-order valence-corrected chi connectivity index (χ1v) is 18.1. The number of halogens is 5. The number of nitrogens with one attached hydrogen (secondary N) is 1. The van der Waals surface area contributed by atoms with Crippen LogP contribution in [0.3, 0.4) is 0 Å². The first-order chi connectivity index (χ1) is 25.9. The predicted octanol–water partition coefficient (Wildman–Crippen LogP) is 7.44. The van der Waals surface area contributed by atoms with Crippen LogP contribution < -0.4 is 9.64 Å². The Morgan fingerprint density at radius 2 is 1.76 bits per heavy atom. The van der Waals surface area contributed by atoms with Gasteiger partial charge in [0.1, 0.15) is 35.2 Å². The number of fused-ring (bicyclic) bond motifs is 2. The molecule has 2 unspecified atom stereocenters. The average molecular weight is 747 g/mol. The fourth-order valence-corrected chi connectivity index (χ4v) is 8.01. The van der Waals surface area contributed by atoms with Crippen molar-refractivity contribution in [2.75, 3.05) is 37.7 Å². The predicted molar refractivity (Wildman–Crippen MR) is 193 cm³/mol. The molecule has 1 amide bonds. The molecule has 1 saturated heterocycles. The lowest BCUT2D eigenvalue weighted by atomic mass is 9.95. The second kappa shape index (κ2) is 14.1. The van der Waals surface area contributed by atoms with Crippen molar-refractivity contribution in [2.45, 2.75) is 64.0 Å². The summed E-state index contributed by atoms with van der Waals surface area (Å²) in [7, 11) is 0. The third kappa shape index (κ3) is 7.05. The summed E-state index contributed by atoms with van der Waals surface area (Å²) < 4.78 is 76.2. The molecule has 2 aliphatic heterocycles. The number of ether oxygens (including phenoxy) is 1. The van der Waals surface area contributed by atoms with E-state index in [0.29, 0.717) is 53.2 Å². The average Bonchev–Trinajstić information content (AvgIpc) is 3.91. The van der Waals surface area contributed by atoms with E-state index in [9.17, 15) is 23.1 Å². The van der Waals surface area contributed by atoms with E-state index >= 15 is 8.78 Å². The van der Waals surface area contributed by atoms with Gasteiger partial charge in [0.25, 0.3) is 5.91 Å². The van der Waals surface area contributed by atoms with E-state index in [-0.39, 0.29) is 53.7 Å². The maximum Gasteiger partial charge on any atom is 0.401 e. The third-order valence-corrected chi connectivity index (χ3v) is 10.7. The van der Waals surface area contributed by atoms with Crippen molar-refractivity contribution in [3.8, 4) is 28.3 Å². The highest BCUT2D eigenvalue weighted by molar-refractivity contribution is 6.09. The molecular formula is C40H39F5N6O3. The van der Waals surface area contributed by atoms with Crippen LogP contribution in [0, 0.1) is 11.6 Å². The fraction of sp³-hybridized carbons (Fsp3) is 0.375. The Bertz CT molecular complexity index is 2210. The van der Waals surface area contributed by atoms with Crippen LogP contribution in [0.2, 0.25) is 0 Å². The van der Waals surface area contributed by atoms with Gasteiger partial charge in [-0.05, 0) is 97.3 Å². The molecule has 1 saturated carbocycles. The maximum absolute atomic E-state index is 15.5. The van der Waals surface area contributed by atoms with Gasteiger partial charge in [0.2, 0.25) is 0 Å². The fourth-order valence-electron chi connectivity index (χ4n) is 8.01. The Morgan fingerprint density at radius 3 is 2.44 bits per heavy atom. The number of aliphatic hydroxyl groups excluding tert-OH is 1. The van der Waals surface area contributed by atoms with E-state index in [0.717, 1.165) is 24.0 Å². The van der Waals surface area contributed by atoms with Crippen molar-refractivity contribution in [3.63, 3.8) is 0 Å². The Balaban J connectivity index is 1.06. The molecule has 2 atom stereocenters. The molecule has 2 aromatic carbocycles. The first-order valence-electron chi connectivity index (χ1n) is 18.1. The number of alkyl halides is 3. The summed E-state index contributed by atoms with van der Waals surface area (Å²) in [6, 6.07) is 12.4. The van der Waals surface area contributed by atoms with Gasteiger partial charge in [0.15, 0.2) is 0 Å². The van der Waals surface area contributed by atoms with Gasteiger partial charge in [-0.25, -0.2) is 13.8 Å². The van der Waals surface area contributed by atoms with Crippen molar-refractivity contribution in [3.05, 3.63) is 94.8 Å². The quantitative estimate of drug-likeness (QED) is 0.160. The van der Waals surface area contributed by atoms with Crippen LogP contribution in [0.1, 0.15) is 59.7 Å². The van der Waals surface area contributed by atoms with Crippen LogP contribution in [-0.2, 0) is 13.2 Å². The van der Waals surface area contributed by atoms with Gasteiger partial charge in [-0.1, -0.05) is 6.07 Å². The van der Waals surface area contributed by atoms with Crippen LogP contribution >= 0.6 is 0 Å². The van der Waals surface area contributed by atoms with Crippen molar-refractivity contribution in [1.82, 2.24) is 24.8 Å². The first kappa shape index (κ1) is 36.1. The Morgan fingerprint density at radius 1 is 0.981 bits per heavy atom. The highest BCUT2D eigenvalue weighted by atomic mass is 19.4. The molecule has 9 nitrogen and oxygen atoms in total. The second-order valence-corrected chi connectivity index (χ2v) is 14.6. The minimum absolute atomic E-state index is 0.00957. The van der Waals surface area contributed by atoms with Crippen LogP contribution in [-0.4, -0.2) is 86.8 Å². The van der Waals surface area contributed by atoms with E-state index in [1.165, 1.54) is 28.0 Å². The van der Waals surface area contributed by atoms with E-state index in [2.05, 4.69) is 19.9 Å². The Labute approximate surface area is 308 Å². The third-order valence-electron chi connectivity index (χ3n) is 10.7. The van der Waals surface area contributed by atoms with Gasteiger partial charge in [-0.15, -0.1) is 0 Å². The summed E-state index contributed by atoms with van der Waals surface area (Å²) >= 11 is 0. The van der Waals surface area contributed by atoms with Crippen LogP contribution in [0.5, 0.6) is 5.75 Å². The largest absolute Gasteiger partial charge is 0.491 e. The van der Waals surface area contributed by atoms with Crippen LogP contribution in [0.25, 0.3) is 33.5 Å². The molecule has 2 fully saturated rings. The molecule has 2 N–H and O–H groups in total. The minimum Gasteiger partial charge on any atom is -0.491 e. The molecule has 5 aromatic rings. The number of pyridine rings is 2. The zero-order chi connectivity index (χ0) is 37.9. The van der Waals surface area contributed by atoms with E-state index < -0.39 is 36.9 Å². The summed E-state index contributed by atoms with van der Waals surface area (Å²) in [5, 5.41) is 11.4. The summed E-state index contributed by atoms with van der Waals surface area (Å²) in [6.07, 6.45) is 0.963. The summed E-state index contributed by atoms with van der Waals surface area (Å²) in [5.74, 6) is -1.61. The number of hydrogen-bond acceptors (Lipinski definition) is 7. The normalized spacial score (nSPS) is 19.9. The highest BCUT2D eigenvalue weighted by Gasteiger charge is 2.38. The van der Waals surface area contributed by atoms with Gasteiger partial charge < -0.3 is 19.7 Å². The molecule has 8 rings (SSSR count). The molecule has 3 aliphatic rings. The lowest BCUT2D eigenvalue weighted by Crippen LogP contribution is -2.58. The molecular weight excluding hydrogens is 707 g/mol. The summed E-state index contributed by atoms with van der Waals surface area (Å²) in [6.45, 7) is 3.77. The molecule has 1 aliphatic carbocycles. The topological polar surface area (TPSA) is 97.8 Å². The van der Waals surface area contributed by atoms with Gasteiger partial charge in [0.05, 0.1) is 36.8 Å². The standard InChI is InChI=1S/C40H39F5N6O3/c1-22-17-49(18-23(2)51(22)21-40(43,44)45)19-24-3-6-33(47-16-24)34-15-30-28(7-8-46-38(30)48-34)29-13-27(41)14-35(31(29)20-52)50-9-10-54-36-12-26(25-4-5-25)11-32(42)37(36)39(50)53/h3,6-8,11-16,22-23,25,52H,4-5,9-10,17-21H2,1-2H3,(H,46,48). The number of carbonyl (C=O) groups excluding carboxylic acids is 1. The number of amides is 1. The number of aromatic amines is 1. The Hall–Kier alpha value is -4.92. The van der Waals surface area contributed by atoms with Crippen LogP contribution in [0.15, 0.2) is 60.9 Å². The molecule has 54 heavy (non-hydrogen) atoms. The van der Waals surface area contributed by atoms with Crippen LogP contribution in [0.4, 0.5) is 27.6 Å². The number of H-pyrrole nitrogens is 1. The second-order valence-electron chi connectivity index (χ2n) is 14.6. The lowest BCUT2D eigenvalue weighted by Gasteiger charge is -2.44. The molecule has 0 bridgehead atoms. The molecule has 14 heteroatoms. The number of piperazine rings is 1. The number of aliphatic hydroxyl groups is 1. The highest BCUT2D eigenvalue weighted by Crippen LogP contribution is 2.44. The molecule has 0 radical (unpaired) electrons. The van der Waals surface area contributed by atoms with Gasteiger partial charge >= 0.3 is 6.18 Å². The lowest BCUT2D eigenvalue weighted by molar-refractivity contribution is -0.162. The van der Waals surface area contributed by atoms with Gasteiger partial charge in [0, 0.05) is 55.1 Å². The Kier molecular flexibility index (Phi) is 9.39. The SMILES string of the molecule is CC1CN(Cc2ccc(-c3cc4c(-c5cc(F)cc(N6CCOc7cc(C8CC8)cc(F)c7C6=O)c5CO)ccnc4[nH]3)nc2)CC(C)N1CC(F)(F)F. The van der Waals surface area contributed by atoms with Crippen molar-refractivity contribution < 1.29 is 36.6 Å². The summed E-state index contributed by atoms with van der Waals surface area (Å²) in [4.78, 5) is 31.2. The number of nitrogens with zero attached hydrogens (tertiary/aromatic N) is 5. The zero-order valence-corrected chi connectivity index (χ0v) is 29.8. The van der Waals surface area contributed by atoms with Crippen molar-refractivity contribution in [2.24, 2.45) is 0 Å². The number of hydrogen-bond donors (Lipinski definition) is 2. The minimum atomic E-state index is -4.25. The van der Waals surface area contributed by atoms with Crippen molar-refractivity contribution in [1.29, 1.82) is 0 Å². The maximum atomic E-state index is 15.5. The van der Waals surface area contributed by atoms with Gasteiger partial charge in [-0.2, -0.15) is 13.2 Å². The zero-order valence-electron chi connectivity index (χ0n) is 29.8. The smallest absolute Gasteiger partial charge is 0.401 e. The molecule has 0 spiro atoms. The monoisotopic (exact) mass is 746 g/mol. The molecule has 282 valence electrons. The van der Waals surface area contributed by atoms with Gasteiger partial charge in [-0.3, -0.25) is 19.6 Å². The molecule has 3 aromatic heterocycles. The van der Waals surface area contributed by atoms with E-state index in [4.69, 9.17) is 4.74 Å².